The molecule has 0 atom stereocenters. The molecule has 1 fully saturated rings. The molecular formula is C20H20Cl3N3O4. The van der Waals surface area contributed by atoms with Crippen molar-refractivity contribution in [2.24, 2.45) is 5.41 Å². The number of benzene rings is 2. The summed E-state index contributed by atoms with van der Waals surface area (Å²) in [6.07, 6.45) is 0. The number of hydrazine groups is 1. The third-order valence-corrected chi connectivity index (χ3v) is 5.24. The van der Waals surface area contributed by atoms with Crippen LogP contribution in [-0.4, -0.2) is 28.7 Å². The second-order valence-electron chi connectivity index (χ2n) is 7.40. The van der Waals surface area contributed by atoms with E-state index in [-0.39, 0.29) is 23.2 Å². The van der Waals surface area contributed by atoms with Crippen LogP contribution in [0.2, 0.25) is 15.1 Å². The van der Waals surface area contributed by atoms with E-state index < -0.39 is 11.3 Å². The van der Waals surface area contributed by atoms with Crippen molar-refractivity contribution in [1.29, 1.82) is 0 Å². The molecule has 1 heterocycles. The highest BCUT2D eigenvalue weighted by molar-refractivity contribution is 6.35. The Balaban J connectivity index is 1.71. The Hall–Kier alpha value is -2.19. The summed E-state index contributed by atoms with van der Waals surface area (Å²) < 4.78 is 0. The molecule has 1 aliphatic heterocycles. The first kappa shape index (κ1) is 22.5. The first-order chi connectivity index (χ1) is 14.1. The molecular weight excluding hydrogens is 453 g/mol. The van der Waals surface area contributed by atoms with Crippen molar-refractivity contribution in [3.05, 3.63) is 57.0 Å². The van der Waals surface area contributed by atoms with E-state index in [1.165, 1.54) is 18.1 Å². The van der Waals surface area contributed by atoms with Crippen LogP contribution in [0.15, 0.2) is 36.4 Å². The molecule has 0 radical (unpaired) electrons. The largest absolute Gasteiger partial charge is 0.355 e. The van der Waals surface area contributed by atoms with E-state index in [0.717, 1.165) is 5.17 Å². The molecule has 7 nitrogen and oxygen atoms in total. The maximum Gasteiger partial charge on any atom is 0.275 e. The van der Waals surface area contributed by atoms with Crippen LogP contribution in [0.25, 0.3) is 0 Å². The average molecular weight is 473 g/mol. The summed E-state index contributed by atoms with van der Waals surface area (Å²) in [7, 11) is 0. The van der Waals surface area contributed by atoms with Gasteiger partial charge in [0.05, 0.1) is 29.3 Å². The van der Waals surface area contributed by atoms with E-state index in [9.17, 15) is 9.59 Å². The zero-order valence-electron chi connectivity index (χ0n) is 16.5. The van der Waals surface area contributed by atoms with Crippen molar-refractivity contribution in [3.63, 3.8) is 0 Å². The minimum absolute atomic E-state index is 0.100. The number of amides is 2. The molecule has 2 amide bonds. The number of rotatable bonds is 6. The number of hydrogen-bond acceptors (Lipinski definition) is 5. The van der Waals surface area contributed by atoms with Gasteiger partial charge in [-0.3, -0.25) is 19.9 Å². The van der Waals surface area contributed by atoms with Gasteiger partial charge in [-0.2, -0.15) is 0 Å². The van der Waals surface area contributed by atoms with Gasteiger partial charge in [-0.25, -0.2) is 5.06 Å². The Kier molecular flexibility index (Phi) is 6.67. The lowest BCUT2D eigenvalue weighted by atomic mass is 9.95. The smallest absolute Gasteiger partial charge is 0.275 e. The van der Waals surface area contributed by atoms with E-state index in [1.807, 2.05) is 13.8 Å². The first-order valence-electron chi connectivity index (χ1n) is 9.00. The van der Waals surface area contributed by atoms with E-state index in [4.69, 9.17) is 44.5 Å². The molecule has 160 valence electrons. The second-order valence-corrected chi connectivity index (χ2v) is 8.65. The molecule has 0 spiro atoms. The van der Waals surface area contributed by atoms with Crippen LogP contribution in [-0.2, 0) is 21.0 Å². The van der Waals surface area contributed by atoms with Crippen LogP contribution in [0.4, 0.5) is 5.69 Å². The number of anilines is 1. The highest BCUT2D eigenvalue weighted by Crippen LogP contribution is 2.31. The first-order valence-corrected chi connectivity index (χ1v) is 10.1. The van der Waals surface area contributed by atoms with E-state index in [0.29, 0.717) is 27.9 Å². The Morgan fingerprint density at radius 2 is 1.93 bits per heavy atom. The quantitative estimate of drug-likeness (QED) is 0.591. The fraction of sp³-hybridized carbons (Fsp3) is 0.300. The zero-order valence-corrected chi connectivity index (χ0v) is 18.8. The van der Waals surface area contributed by atoms with E-state index in [2.05, 4.69) is 5.43 Å². The standard InChI is InChI=1S/C20H20Cl3N3O4/c1-12(27)26(30-18-7-5-14(21)8-17(18)23)24-15-6-4-13(16(22)9-15)10-25-19(28)20(2,3)11-29-25/h4-9,24H,10-11H2,1-3H3. The highest BCUT2D eigenvalue weighted by Gasteiger charge is 2.40. The van der Waals surface area contributed by atoms with Gasteiger partial charge in [-0.15, -0.1) is 0 Å². The zero-order chi connectivity index (χ0) is 22.1. The molecule has 0 bridgehead atoms. The summed E-state index contributed by atoms with van der Waals surface area (Å²) in [5.74, 6) is -0.268. The number of hydrogen-bond donors (Lipinski definition) is 1. The third-order valence-electron chi connectivity index (χ3n) is 4.35. The van der Waals surface area contributed by atoms with Gasteiger partial charge in [0.25, 0.3) is 11.8 Å². The SMILES string of the molecule is CC(=O)N(Nc1ccc(CN2OCC(C)(C)C2=O)c(Cl)c1)Oc1ccc(Cl)cc1Cl. The minimum Gasteiger partial charge on any atom is -0.355 e. The molecule has 1 aliphatic rings. The van der Waals surface area contributed by atoms with Crippen LogP contribution in [0.3, 0.4) is 0 Å². The summed E-state index contributed by atoms with van der Waals surface area (Å²) in [5, 5.41) is 3.33. The Labute approximate surface area is 189 Å². The predicted molar refractivity (Wildman–Crippen MR) is 115 cm³/mol. The molecule has 0 saturated carbocycles. The number of halogens is 3. The van der Waals surface area contributed by atoms with E-state index in [1.54, 1.807) is 30.3 Å². The van der Waals surface area contributed by atoms with Crippen molar-refractivity contribution in [2.75, 3.05) is 12.0 Å². The van der Waals surface area contributed by atoms with Crippen LogP contribution in [0.1, 0.15) is 26.3 Å². The highest BCUT2D eigenvalue weighted by atomic mass is 35.5. The Morgan fingerprint density at radius 1 is 1.20 bits per heavy atom. The summed E-state index contributed by atoms with van der Waals surface area (Å²) >= 11 is 18.4. The summed E-state index contributed by atoms with van der Waals surface area (Å²) in [6, 6.07) is 9.70. The maximum atomic E-state index is 12.3. The van der Waals surface area contributed by atoms with Gasteiger partial charge in [0.1, 0.15) is 0 Å². The molecule has 0 unspecified atom stereocenters. The second kappa shape index (κ2) is 8.89. The Morgan fingerprint density at radius 3 is 2.50 bits per heavy atom. The number of carbonyl (C=O) groups excluding carboxylic acids is 2. The van der Waals surface area contributed by atoms with Gasteiger partial charge in [0.15, 0.2) is 5.75 Å². The molecule has 3 rings (SSSR count). The fourth-order valence-electron chi connectivity index (χ4n) is 2.65. The lowest BCUT2D eigenvalue weighted by molar-refractivity contribution is -0.165. The minimum atomic E-state index is -0.559. The lowest BCUT2D eigenvalue weighted by Crippen LogP contribution is -2.37. The normalized spacial score (nSPS) is 15.3. The number of hydroxylamine groups is 3. The molecule has 10 heteroatoms. The number of nitrogens with one attached hydrogen (secondary N) is 1. The number of nitrogens with zero attached hydrogens (tertiary/aromatic N) is 2. The van der Waals surface area contributed by atoms with Crippen molar-refractivity contribution >= 4 is 52.3 Å². The average Bonchev–Trinajstić information content (AvgIpc) is 2.92. The summed E-state index contributed by atoms with van der Waals surface area (Å²) in [6.45, 7) is 5.52. The molecule has 1 N–H and O–H groups in total. The topological polar surface area (TPSA) is 71.1 Å². The van der Waals surface area contributed by atoms with Crippen molar-refractivity contribution in [2.45, 2.75) is 27.3 Å². The Bertz CT molecular complexity index is 984. The molecule has 2 aromatic rings. The monoisotopic (exact) mass is 471 g/mol. The van der Waals surface area contributed by atoms with Crippen LogP contribution < -0.4 is 10.3 Å². The van der Waals surface area contributed by atoms with Crippen molar-refractivity contribution < 1.29 is 19.3 Å². The van der Waals surface area contributed by atoms with Crippen molar-refractivity contribution in [3.8, 4) is 5.75 Å². The lowest BCUT2D eigenvalue weighted by Gasteiger charge is -2.23. The van der Waals surface area contributed by atoms with Gasteiger partial charge in [-0.1, -0.05) is 46.0 Å². The van der Waals surface area contributed by atoms with Gasteiger partial charge in [0, 0.05) is 17.0 Å². The molecule has 2 aromatic carbocycles. The van der Waals surface area contributed by atoms with Gasteiger partial charge in [-0.05, 0) is 49.7 Å². The molecule has 1 saturated heterocycles. The van der Waals surface area contributed by atoms with E-state index >= 15 is 0 Å². The van der Waals surface area contributed by atoms with Crippen LogP contribution in [0, 0.1) is 5.41 Å². The van der Waals surface area contributed by atoms with Gasteiger partial charge >= 0.3 is 0 Å². The molecule has 30 heavy (non-hydrogen) atoms. The molecule has 0 aromatic heterocycles. The number of carbonyl (C=O) groups is 2. The van der Waals surface area contributed by atoms with Gasteiger partial charge < -0.3 is 4.84 Å². The van der Waals surface area contributed by atoms with Crippen LogP contribution >= 0.6 is 34.8 Å². The van der Waals surface area contributed by atoms with Crippen molar-refractivity contribution in [1.82, 2.24) is 10.2 Å². The fourth-order valence-corrected chi connectivity index (χ4v) is 3.33. The van der Waals surface area contributed by atoms with Crippen LogP contribution in [0.5, 0.6) is 5.75 Å². The predicted octanol–water partition coefficient (Wildman–Crippen LogP) is 5.12. The van der Waals surface area contributed by atoms with Gasteiger partial charge in [0.2, 0.25) is 0 Å². The third kappa shape index (κ3) is 5.10. The molecule has 0 aliphatic carbocycles. The maximum absolute atomic E-state index is 12.3. The summed E-state index contributed by atoms with van der Waals surface area (Å²) in [5.41, 5.74) is 3.46. The summed E-state index contributed by atoms with van der Waals surface area (Å²) in [4.78, 5) is 35.3.